The van der Waals surface area contributed by atoms with E-state index < -0.39 is 21.6 Å². The van der Waals surface area contributed by atoms with Gasteiger partial charge in [-0.1, -0.05) is 10.3 Å². The van der Waals surface area contributed by atoms with Crippen LogP contribution in [0.15, 0.2) is 27.7 Å². The van der Waals surface area contributed by atoms with Crippen LogP contribution in [0.2, 0.25) is 0 Å². The SMILES string of the molecule is COc1ccc(S(=O)(=O)Cc2nonc2C)cc1C(=O)O. The molecule has 0 unspecified atom stereocenters. The second-order valence-electron chi connectivity index (χ2n) is 4.22. The van der Waals surface area contributed by atoms with E-state index in [0.29, 0.717) is 5.69 Å². The maximum atomic E-state index is 12.3. The molecule has 0 fully saturated rings. The van der Waals surface area contributed by atoms with E-state index in [4.69, 9.17) is 9.84 Å². The minimum atomic E-state index is -3.77. The first kappa shape index (κ1) is 15.0. The molecule has 0 saturated carbocycles. The third-order valence-corrected chi connectivity index (χ3v) is 4.46. The Kier molecular flexibility index (Phi) is 3.94. The van der Waals surface area contributed by atoms with Gasteiger partial charge in [-0.3, -0.25) is 0 Å². The normalized spacial score (nSPS) is 11.3. The summed E-state index contributed by atoms with van der Waals surface area (Å²) in [6.07, 6.45) is 0. The fourth-order valence-electron chi connectivity index (χ4n) is 1.69. The van der Waals surface area contributed by atoms with Gasteiger partial charge in [0.1, 0.15) is 28.5 Å². The summed E-state index contributed by atoms with van der Waals surface area (Å²) >= 11 is 0. The number of carbonyl (C=O) groups is 1. The molecule has 2 rings (SSSR count). The van der Waals surface area contributed by atoms with Crippen molar-refractivity contribution in [2.75, 3.05) is 7.11 Å². The van der Waals surface area contributed by atoms with Gasteiger partial charge in [0.25, 0.3) is 0 Å². The molecule has 1 aromatic heterocycles. The van der Waals surface area contributed by atoms with Crippen LogP contribution < -0.4 is 4.74 Å². The topological polar surface area (TPSA) is 120 Å². The number of sulfone groups is 1. The average molecular weight is 312 g/mol. The van der Waals surface area contributed by atoms with Gasteiger partial charge in [-0.2, -0.15) is 0 Å². The minimum absolute atomic E-state index is 0.0840. The first-order valence-electron chi connectivity index (χ1n) is 5.77. The van der Waals surface area contributed by atoms with Gasteiger partial charge < -0.3 is 9.84 Å². The highest BCUT2D eigenvalue weighted by Crippen LogP contribution is 2.24. The van der Waals surface area contributed by atoms with E-state index in [9.17, 15) is 13.2 Å². The lowest BCUT2D eigenvalue weighted by Gasteiger charge is -2.08. The molecule has 0 aliphatic rings. The zero-order chi connectivity index (χ0) is 15.6. The summed E-state index contributed by atoms with van der Waals surface area (Å²) in [4.78, 5) is 11.0. The van der Waals surface area contributed by atoms with E-state index in [0.717, 1.165) is 6.07 Å². The molecule has 0 atom stereocenters. The molecule has 1 aromatic carbocycles. The third-order valence-electron chi connectivity index (χ3n) is 2.83. The van der Waals surface area contributed by atoms with Crippen molar-refractivity contribution >= 4 is 15.8 Å². The van der Waals surface area contributed by atoms with E-state index in [1.54, 1.807) is 6.92 Å². The molecule has 0 saturated heterocycles. The van der Waals surface area contributed by atoms with Crippen LogP contribution in [0.25, 0.3) is 0 Å². The maximum Gasteiger partial charge on any atom is 0.339 e. The first-order valence-corrected chi connectivity index (χ1v) is 7.42. The zero-order valence-electron chi connectivity index (χ0n) is 11.2. The van der Waals surface area contributed by atoms with Gasteiger partial charge >= 0.3 is 5.97 Å². The molecule has 8 nitrogen and oxygen atoms in total. The van der Waals surface area contributed by atoms with E-state index in [1.165, 1.54) is 19.2 Å². The molecule has 2 aromatic rings. The van der Waals surface area contributed by atoms with Gasteiger partial charge in [0, 0.05) is 0 Å². The number of benzene rings is 1. The predicted molar refractivity (Wildman–Crippen MR) is 69.9 cm³/mol. The summed E-state index contributed by atoms with van der Waals surface area (Å²) in [5.74, 6) is -1.61. The molecule has 0 radical (unpaired) electrons. The standard InChI is InChI=1S/C12H12N2O6S/c1-7-10(14-20-13-7)6-21(17,18)8-3-4-11(19-2)9(5-8)12(15)16/h3-5H,6H2,1-2H3,(H,15,16). The molecule has 0 aliphatic heterocycles. The Morgan fingerprint density at radius 3 is 2.62 bits per heavy atom. The van der Waals surface area contributed by atoms with Gasteiger partial charge in [-0.15, -0.1) is 0 Å². The van der Waals surface area contributed by atoms with E-state index in [2.05, 4.69) is 14.9 Å². The van der Waals surface area contributed by atoms with E-state index in [1.807, 2.05) is 0 Å². The van der Waals surface area contributed by atoms with Crippen LogP contribution in [0, 0.1) is 6.92 Å². The lowest BCUT2D eigenvalue weighted by molar-refractivity contribution is 0.0693. The zero-order valence-corrected chi connectivity index (χ0v) is 12.0. The van der Waals surface area contributed by atoms with Crippen LogP contribution in [-0.4, -0.2) is 36.9 Å². The van der Waals surface area contributed by atoms with Crippen LogP contribution in [0.4, 0.5) is 0 Å². The molecule has 1 N–H and O–H groups in total. The lowest BCUT2D eigenvalue weighted by atomic mass is 10.2. The smallest absolute Gasteiger partial charge is 0.339 e. The Bertz CT molecular complexity index is 781. The monoisotopic (exact) mass is 312 g/mol. The molecular weight excluding hydrogens is 300 g/mol. The van der Waals surface area contributed by atoms with Crippen molar-refractivity contribution < 1.29 is 27.7 Å². The second-order valence-corrected chi connectivity index (χ2v) is 6.21. The predicted octanol–water partition coefficient (Wildman–Crippen LogP) is 1.06. The maximum absolute atomic E-state index is 12.3. The molecule has 0 amide bonds. The Labute approximate surface area is 120 Å². The first-order chi connectivity index (χ1) is 9.85. The van der Waals surface area contributed by atoms with E-state index in [-0.39, 0.29) is 21.9 Å². The minimum Gasteiger partial charge on any atom is -0.496 e. The largest absolute Gasteiger partial charge is 0.496 e. The molecule has 0 spiro atoms. The van der Waals surface area contributed by atoms with Gasteiger partial charge in [0.05, 0.1) is 12.0 Å². The lowest BCUT2D eigenvalue weighted by Crippen LogP contribution is -2.09. The molecular formula is C12H12N2O6S. The van der Waals surface area contributed by atoms with Crippen molar-refractivity contribution in [3.8, 4) is 5.75 Å². The number of nitrogens with zero attached hydrogens (tertiary/aromatic N) is 2. The van der Waals surface area contributed by atoms with Crippen molar-refractivity contribution in [1.29, 1.82) is 0 Å². The van der Waals surface area contributed by atoms with E-state index >= 15 is 0 Å². The molecule has 1 heterocycles. The Hall–Kier alpha value is -2.42. The summed E-state index contributed by atoms with van der Waals surface area (Å²) in [6, 6.07) is 3.63. The number of rotatable bonds is 5. The number of carboxylic acids is 1. The highest BCUT2D eigenvalue weighted by molar-refractivity contribution is 7.90. The Morgan fingerprint density at radius 2 is 2.10 bits per heavy atom. The van der Waals surface area contributed by atoms with Gasteiger partial charge in [-0.25, -0.2) is 17.8 Å². The van der Waals surface area contributed by atoms with Gasteiger partial charge in [0.2, 0.25) is 0 Å². The van der Waals surface area contributed by atoms with Crippen LogP contribution in [0.1, 0.15) is 21.7 Å². The molecule has 0 bridgehead atoms. The second kappa shape index (κ2) is 5.52. The van der Waals surface area contributed by atoms with Crippen molar-refractivity contribution in [3.63, 3.8) is 0 Å². The summed E-state index contributed by atoms with van der Waals surface area (Å²) < 4.78 is 33.9. The molecule has 21 heavy (non-hydrogen) atoms. The number of aromatic carboxylic acids is 1. The fraction of sp³-hybridized carbons (Fsp3) is 0.250. The number of methoxy groups -OCH3 is 1. The number of hydrogen-bond donors (Lipinski definition) is 1. The van der Waals surface area contributed by atoms with Gasteiger partial charge in [-0.05, 0) is 25.1 Å². The summed E-state index contributed by atoms with van der Waals surface area (Å²) in [6.45, 7) is 1.57. The van der Waals surface area contributed by atoms with Crippen molar-refractivity contribution in [3.05, 3.63) is 35.2 Å². The highest BCUT2D eigenvalue weighted by atomic mass is 32.2. The third kappa shape index (κ3) is 3.02. The molecule has 0 aliphatic carbocycles. The number of aryl methyl sites for hydroxylation is 1. The van der Waals surface area contributed by atoms with Gasteiger partial charge in [0.15, 0.2) is 9.84 Å². The summed E-state index contributed by atoms with van der Waals surface area (Å²) in [7, 11) is -2.46. The van der Waals surface area contributed by atoms with Crippen molar-refractivity contribution in [2.24, 2.45) is 0 Å². The van der Waals surface area contributed by atoms with Crippen LogP contribution >= 0.6 is 0 Å². The number of aromatic nitrogens is 2. The molecule has 112 valence electrons. The van der Waals surface area contributed by atoms with Crippen molar-refractivity contribution in [1.82, 2.24) is 10.3 Å². The van der Waals surface area contributed by atoms with Crippen LogP contribution in [0.3, 0.4) is 0 Å². The fourth-order valence-corrected chi connectivity index (χ4v) is 3.05. The van der Waals surface area contributed by atoms with Crippen LogP contribution in [0.5, 0.6) is 5.75 Å². The van der Waals surface area contributed by atoms with Crippen LogP contribution in [-0.2, 0) is 15.6 Å². The number of ether oxygens (including phenoxy) is 1. The Morgan fingerprint density at radius 1 is 1.38 bits per heavy atom. The highest BCUT2D eigenvalue weighted by Gasteiger charge is 2.22. The average Bonchev–Trinajstić information content (AvgIpc) is 2.82. The number of hydrogen-bond acceptors (Lipinski definition) is 7. The number of carboxylic acid groups (broad SMARTS) is 1. The summed E-state index contributed by atoms with van der Waals surface area (Å²) in [5, 5.41) is 16.1. The van der Waals surface area contributed by atoms with Crippen molar-refractivity contribution in [2.45, 2.75) is 17.6 Å². The Balaban J connectivity index is 2.43. The summed E-state index contributed by atoms with van der Waals surface area (Å²) in [5.41, 5.74) is 0.321. The quantitative estimate of drug-likeness (QED) is 0.870. The molecule has 9 heteroatoms.